The first-order valence-electron chi connectivity index (χ1n) is 2.88. The normalized spacial score (nSPS) is 10.1. The molecule has 0 saturated carbocycles. The number of hydrogen-bond acceptors (Lipinski definition) is 1. The maximum atomic E-state index is 12.6. The van der Waals surface area contributed by atoms with Crippen LogP contribution < -0.4 is 0 Å². The van der Waals surface area contributed by atoms with Gasteiger partial charge in [0.1, 0.15) is 0 Å². The van der Waals surface area contributed by atoms with Crippen LogP contribution in [0.1, 0.15) is 5.56 Å². The van der Waals surface area contributed by atoms with Gasteiger partial charge in [0, 0.05) is 10.4 Å². The molecule has 1 aromatic rings. The summed E-state index contributed by atoms with van der Waals surface area (Å²) in [5.41, 5.74) is 0.672. The molecule has 0 aliphatic carbocycles. The van der Waals surface area contributed by atoms with Crippen LogP contribution >= 0.6 is 27.5 Å². The fraction of sp³-hybridized carbons (Fsp3) is 0.143. The highest BCUT2D eigenvalue weighted by molar-refractivity contribution is 9.10. The van der Waals surface area contributed by atoms with Crippen LogP contribution in [-0.4, -0.2) is 5.11 Å². The summed E-state index contributed by atoms with van der Waals surface area (Å²) in [5, 5.41) is 8.90. The monoisotopic (exact) mass is 238 g/mol. The van der Waals surface area contributed by atoms with Crippen molar-refractivity contribution in [1.29, 1.82) is 0 Å². The number of phenols is 1. The second kappa shape index (κ2) is 3.41. The summed E-state index contributed by atoms with van der Waals surface area (Å²) < 4.78 is 13.1. The molecule has 0 atom stereocenters. The number of halogens is 3. The van der Waals surface area contributed by atoms with Crippen molar-refractivity contribution in [3.05, 3.63) is 28.0 Å². The Kier molecular flexibility index (Phi) is 2.73. The molecule has 0 spiro atoms. The van der Waals surface area contributed by atoms with Gasteiger partial charge in [-0.2, -0.15) is 0 Å². The average molecular weight is 239 g/mol. The van der Waals surface area contributed by atoms with Gasteiger partial charge in [-0.25, -0.2) is 4.39 Å². The van der Waals surface area contributed by atoms with E-state index in [9.17, 15) is 4.39 Å². The third kappa shape index (κ3) is 1.84. The lowest BCUT2D eigenvalue weighted by atomic mass is 10.2. The lowest BCUT2D eigenvalue weighted by molar-refractivity contribution is 0.431. The number of hydrogen-bond donors (Lipinski definition) is 1. The van der Waals surface area contributed by atoms with Crippen LogP contribution in [-0.2, 0) is 5.88 Å². The maximum absolute atomic E-state index is 12.6. The molecule has 1 N–H and O–H groups in total. The summed E-state index contributed by atoms with van der Waals surface area (Å²) >= 11 is 8.60. The van der Waals surface area contributed by atoms with Gasteiger partial charge in [0.15, 0.2) is 11.6 Å². The highest BCUT2D eigenvalue weighted by Crippen LogP contribution is 2.26. The quantitative estimate of drug-likeness (QED) is 0.747. The van der Waals surface area contributed by atoms with E-state index in [1.165, 1.54) is 12.1 Å². The summed E-state index contributed by atoms with van der Waals surface area (Å²) in [7, 11) is 0. The Labute approximate surface area is 76.9 Å². The molecule has 0 fully saturated rings. The Morgan fingerprint density at radius 1 is 1.55 bits per heavy atom. The lowest BCUT2D eigenvalue weighted by Gasteiger charge is -2.01. The summed E-state index contributed by atoms with van der Waals surface area (Å²) in [5.74, 6) is -0.774. The number of alkyl halides is 1. The van der Waals surface area contributed by atoms with Crippen molar-refractivity contribution in [2.24, 2.45) is 0 Å². The minimum Gasteiger partial charge on any atom is -0.505 e. The van der Waals surface area contributed by atoms with Crippen molar-refractivity contribution in [1.82, 2.24) is 0 Å². The minimum atomic E-state index is -0.647. The van der Waals surface area contributed by atoms with Crippen molar-refractivity contribution in [2.45, 2.75) is 5.88 Å². The standard InChI is InChI=1S/C7H5BrClFO/c8-5-2-6(10)7(11)1-4(5)3-9/h1-2,11H,3H2. The Hall–Kier alpha value is -0.280. The number of benzene rings is 1. The van der Waals surface area contributed by atoms with Crippen molar-refractivity contribution in [2.75, 3.05) is 0 Å². The molecule has 0 saturated heterocycles. The van der Waals surface area contributed by atoms with E-state index in [4.69, 9.17) is 16.7 Å². The molecule has 0 amide bonds. The van der Waals surface area contributed by atoms with E-state index in [0.29, 0.717) is 10.0 Å². The van der Waals surface area contributed by atoms with Crippen molar-refractivity contribution >= 4 is 27.5 Å². The molecule has 0 heterocycles. The maximum Gasteiger partial charge on any atom is 0.165 e. The molecule has 0 aliphatic rings. The van der Waals surface area contributed by atoms with Gasteiger partial charge in [-0.3, -0.25) is 0 Å². The number of rotatable bonds is 1. The van der Waals surface area contributed by atoms with Gasteiger partial charge in [-0.15, -0.1) is 11.6 Å². The number of aromatic hydroxyl groups is 1. The fourth-order valence-electron chi connectivity index (χ4n) is 0.683. The zero-order chi connectivity index (χ0) is 8.43. The van der Waals surface area contributed by atoms with E-state index in [1.54, 1.807) is 0 Å². The second-order valence-electron chi connectivity index (χ2n) is 2.03. The third-order valence-corrected chi connectivity index (χ3v) is 2.29. The Morgan fingerprint density at radius 3 is 2.73 bits per heavy atom. The van der Waals surface area contributed by atoms with Crippen LogP contribution in [0, 0.1) is 5.82 Å². The van der Waals surface area contributed by atoms with Gasteiger partial charge < -0.3 is 5.11 Å². The predicted molar refractivity (Wildman–Crippen MR) is 45.3 cm³/mol. The highest BCUT2D eigenvalue weighted by atomic mass is 79.9. The molecule has 1 rings (SSSR count). The zero-order valence-electron chi connectivity index (χ0n) is 5.44. The predicted octanol–water partition coefficient (Wildman–Crippen LogP) is 3.03. The fourth-order valence-corrected chi connectivity index (χ4v) is 1.52. The summed E-state index contributed by atoms with van der Waals surface area (Å²) in [4.78, 5) is 0. The summed E-state index contributed by atoms with van der Waals surface area (Å²) in [6.45, 7) is 0. The second-order valence-corrected chi connectivity index (χ2v) is 3.15. The van der Waals surface area contributed by atoms with Gasteiger partial charge in [0.05, 0.1) is 0 Å². The molecule has 1 aromatic carbocycles. The Balaban J connectivity index is 3.21. The third-order valence-electron chi connectivity index (χ3n) is 1.26. The molecule has 0 unspecified atom stereocenters. The molecule has 11 heavy (non-hydrogen) atoms. The molecule has 4 heteroatoms. The smallest absolute Gasteiger partial charge is 0.165 e. The first kappa shape index (κ1) is 8.81. The Bertz CT molecular complexity index is 277. The molecular weight excluding hydrogens is 234 g/mol. The first-order valence-corrected chi connectivity index (χ1v) is 4.20. The molecule has 0 aromatic heterocycles. The highest BCUT2D eigenvalue weighted by Gasteiger charge is 2.05. The van der Waals surface area contributed by atoms with Gasteiger partial charge in [0.2, 0.25) is 0 Å². The van der Waals surface area contributed by atoms with Crippen LogP contribution in [0.4, 0.5) is 4.39 Å². The van der Waals surface area contributed by atoms with Gasteiger partial charge in [-0.05, 0) is 17.7 Å². The summed E-state index contributed by atoms with van der Waals surface area (Å²) in [6.07, 6.45) is 0. The zero-order valence-corrected chi connectivity index (χ0v) is 7.78. The van der Waals surface area contributed by atoms with Crippen molar-refractivity contribution in [3.63, 3.8) is 0 Å². The van der Waals surface area contributed by atoms with Gasteiger partial charge in [0.25, 0.3) is 0 Å². The molecule has 0 radical (unpaired) electrons. The largest absolute Gasteiger partial charge is 0.505 e. The SMILES string of the molecule is Oc1cc(CCl)c(Br)cc1F. The van der Waals surface area contributed by atoms with E-state index < -0.39 is 5.82 Å². The topological polar surface area (TPSA) is 20.2 Å². The van der Waals surface area contributed by atoms with E-state index in [-0.39, 0.29) is 11.6 Å². The molecule has 0 aliphatic heterocycles. The molecule has 1 nitrogen and oxygen atoms in total. The van der Waals surface area contributed by atoms with Gasteiger partial charge in [-0.1, -0.05) is 15.9 Å². The average Bonchev–Trinajstić information content (AvgIpc) is 1.97. The van der Waals surface area contributed by atoms with E-state index in [0.717, 1.165) is 0 Å². The van der Waals surface area contributed by atoms with Crippen LogP contribution in [0.2, 0.25) is 0 Å². The van der Waals surface area contributed by atoms with E-state index in [1.807, 2.05) is 0 Å². The van der Waals surface area contributed by atoms with Gasteiger partial charge >= 0.3 is 0 Å². The molecule has 0 bridgehead atoms. The van der Waals surface area contributed by atoms with Crippen LogP contribution in [0.5, 0.6) is 5.75 Å². The van der Waals surface area contributed by atoms with Crippen LogP contribution in [0.25, 0.3) is 0 Å². The van der Waals surface area contributed by atoms with E-state index >= 15 is 0 Å². The number of phenolic OH excluding ortho intramolecular Hbond substituents is 1. The van der Waals surface area contributed by atoms with E-state index in [2.05, 4.69) is 15.9 Å². The van der Waals surface area contributed by atoms with Crippen molar-refractivity contribution < 1.29 is 9.50 Å². The Morgan fingerprint density at radius 2 is 2.18 bits per heavy atom. The minimum absolute atomic E-state index is 0.244. The van der Waals surface area contributed by atoms with Crippen LogP contribution in [0.15, 0.2) is 16.6 Å². The van der Waals surface area contributed by atoms with Crippen LogP contribution in [0.3, 0.4) is 0 Å². The molecule has 60 valence electrons. The lowest BCUT2D eigenvalue weighted by Crippen LogP contribution is -1.83. The summed E-state index contributed by atoms with van der Waals surface area (Å²) in [6, 6.07) is 2.49. The first-order chi connectivity index (χ1) is 5.15. The molecular formula is C7H5BrClFO. The van der Waals surface area contributed by atoms with Crippen molar-refractivity contribution in [3.8, 4) is 5.75 Å².